The number of aromatic nitrogens is 1. The molecule has 1 aromatic rings. The fraction of sp³-hybridized carbons (Fsp3) is 0.500. The molecule has 16 heavy (non-hydrogen) atoms. The molecule has 0 radical (unpaired) electrons. The van der Waals surface area contributed by atoms with Gasteiger partial charge in [0.25, 0.3) is 0 Å². The van der Waals surface area contributed by atoms with E-state index in [9.17, 15) is 10.1 Å². The maximum Gasteiger partial charge on any atom is 0.363 e. The molecule has 1 N–H and O–H groups in total. The van der Waals surface area contributed by atoms with Crippen molar-refractivity contribution in [2.24, 2.45) is 0 Å². The van der Waals surface area contributed by atoms with Crippen molar-refractivity contribution >= 4 is 5.82 Å². The van der Waals surface area contributed by atoms with E-state index >= 15 is 0 Å². The van der Waals surface area contributed by atoms with E-state index in [-0.39, 0.29) is 11.9 Å². The molecule has 0 saturated carbocycles. The number of nitro groups is 1. The Morgan fingerprint density at radius 3 is 3.00 bits per heavy atom. The van der Waals surface area contributed by atoms with E-state index in [0.29, 0.717) is 5.75 Å². The number of rotatable bonds is 3. The van der Waals surface area contributed by atoms with E-state index in [1.807, 2.05) is 0 Å². The molecule has 0 spiro atoms. The molecule has 1 aliphatic heterocycles. The van der Waals surface area contributed by atoms with E-state index < -0.39 is 4.92 Å². The van der Waals surface area contributed by atoms with Crippen molar-refractivity contribution in [2.45, 2.75) is 18.9 Å². The first-order valence-corrected chi connectivity index (χ1v) is 5.23. The highest BCUT2D eigenvalue weighted by molar-refractivity contribution is 5.26. The van der Waals surface area contributed by atoms with Gasteiger partial charge in [0.05, 0.1) is 0 Å². The summed E-state index contributed by atoms with van der Waals surface area (Å²) in [6.07, 6.45) is 3.62. The number of pyridine rings is 1. The molecule has 86 valence electrons. The van der Waals surface area contributed by atoms with Crippen LogP contribution in [0.2, 0.25) is 0 Å². The lowest BCUT2D eigenvalue weighted by Gasteiger charge is -2.23. The first kappa shape index (κ1) is 10.8. The Balaban J connectivity index is 1.96. The number of nitrogens with one attached hydrogen (secondary N) is 1. The van der Waals surface area contributed by atoms with E-state index in [4.69, 9.17) is 4.74 Å². The van der Waals surface area contributed by atoms with Crippen LogP contribution in [-0.2, 0) is 0 Å². The molecule has 1 atom stereocenters. The van der Waals surface area contributed by atoms with Gasteiger partial charge >= 0.3 is 5.82 Å². The van der Waals surface area contributed by atoms with Gasteiger partial charge in [-0.25, -0.2) is 0 Å². The van der Waals surface area contributed by atoms with Crippen molar-refractivity contribution in [1.82, 2.24) is 10.3 Å². The van der Waals surface area contributed by atoms with Crippen LogP contribution in [0.4, 0.5) is 5.82 Å². The molecule has 0 bridgehead atoms. The van der Waals surface area contributed by atoms with Gasteiger partial charge in [-0.15, -0.1) is 0 Å². The lowest BCUT2D eigenvalue weighted by atomic mass is 10.1. The molecule has 6 heteroatoms. The van der Waals surface area contributed by atoms with Gasteiger partial charge in [0.2, 0.25) is 0 Å². The van der Waals surface area contributed by atoms with Crippen LogP contribution in [-0.4, -0.2) is 29.1 Å². The first-order chi connectivity index (χ1) is 7.75. The molecule has 0 amide bonds. The van der Waals surface area contributed by atoms with E-state index in [0.717, 1.165) is 25.9 Å². The summed E-state index contributed by atoms with van der Waals surface area (Å²) >= 11 is 0. The zero-order valence-corrected chi connectivity index (χ0v) is 8.76. The molecule has 0 unspecified atom stereocenters. The van der Waals surface area contributed by atoms with Gasteiger partial charge in [0, 0.05) is 12.6 Å². The summed E-state index contributed by atoms with van der Waals surface area (Å²) in [5.74, 6) is 0.424. The lowest BCUT2D eigenvalue weighted by Crippen LogP contribution is -2.37. The summed E-state index contributed by atoms with van der Waals surface area (Å²) < 4.78 is 5.64. The molecule has 6 nitrogen and oxygen atoms in total. The Morgan fingerprint density at radius 2 is 2.44 bits per heavy atom. The first-order valence-electron chi connectivity index (χ1n) is 5.23. The summed E-state index contributed by atoms with van der Waals surface area (Å²) in [6, 6.07) is 2.94. The highest BCUT2D eigenvalue weighted by atomic mass is 16.6. The average molecular weight is 223 g/mol. The van der Waals surface area contributed by atoms with Crippen LogP contribution in [0.3, 0.4) is 0 Å². The smallest absolute Gasteiger partial charge is 0.363 e. The van der Waals surface area contributed by atoms with Crippen molar-refractivity contribution in [3.05, 3.63) is 28.4 Å². The topological polar surface area (TPSA) is 77.3 Å². The maximum atomic E-state index is 10.4. The molecule has 1 aromatic heterocycles. The quantitative estimate of drug-likeness (QED) is 0.613. The van der Waals surface area contributed by atoms with Gasteiger partial charge in [0.15, 0.2) is 11.9 Å². The molecule has 1 saturated heterocycles. The van der Waals surface area contributed by atoms with Gasteiger partial charge in [-0.3, -0.25) is 0 Å². The van der Waals surface area contributed by atoms with Gasteiger partial charge in [-0.2, -0.15) is 0 Å². The van der Waals surface area contributed by atoms with Crippen LogP contribution in [0.1, 0.15) is 12.8 Å². The van der Waals surface area contributed by atoms with Crippen LogP contribution < -0.4 is 10.1 Å². The summed E-state index contributed by atoms with van der Waals surface area (Å²) in [7, 11) is 0. The standard InChI is InChI=1S/C10H13N3O3/c14-13(15)10-4-3-9(7-12-10)16-8-2-1-5-11-6-8/h3-4,7-8,11H,1-2,5-6H2/t8-/m0/s1. The summed E-state index contributed by atoms with van der Waals surface area (Å²) in [5, 5.41) is 13.6. The van der Waals surface area contributed by atoms with Crippen molar-refractivity contribution in [2.75, 3.05) is 13.1 Å². The van der Waals surface area contributed by atoms with Gasteiger partial charge in [0.1, 0.15) is 6.10 Å². The van der Waals surface area contributed by atoms with Crippen molar-refractivity contribution in [1.29, 1.82) is 0 Å². The molecule has 2 heterocycles. The third-order valence-electron chi connectivity index (χ3n) is 2.46. The third kappa shape index (κ3) is 2.66. The number of nitrogens with zero attached hydrogens (tertiary/aromatic N) is 2. The van der Waals surface area contributed by atoms with Crippen molar-refractivity contribution in [3.8, 4) is 5.75 Å². The Morgan fingerprint density at radius 1 is 1.56 bits per heavy atom. The minimum atomic E-state index is -0.522. The Bertz CT molecular complexity index is 360. The second kappa shape index (κ2) is 4.89. The number of hydrogen-bond donors (Lipinski definition) is 1. The highest BCUT2D eigenvalue weighted by Gasteiger charge is 2.15. The normalized spacial score (nSPS) is 20.4. The molecule has 0 aliphatic carbocycles. The largest absolute Gasteiger partial charge is 0.485 e. The molecular weight excluding hydrogens is 210 g/mol. The van der Waals surface area contributed by atoms with E-state index in [1.54, 1.807) is 6.07 Å². The summed E-state index contributed by atoms with van der Waals surface area (Å²) in [5.41, 5.74) is 0. The second-order valence-corrected chi connectivity index (χ2v) is 3.70. The van der Waals surface area contributed by atoms with E-state index in [1.165, 1.54) is 12.3 Å². The molecular formula is C10H13N3O3. The van der Waals surface area contributed by atoms with Crippen molar-refractivity contribution < 1.29 is 9.66 Å². The minimum absolute atomic E-state index is 0.136. The fourth-order valence-electron chi connectivity index (χ4n) is 1.66. The number of hydrogen-bond acceptors (Lipinski definition) is 5. The monoisotopic (exact) mass is 223 g/mol. The SMILES string of the molecule is O=[N+]([O-])c1ccc(O[C@H]2CCCNC2)cn1. The number of piperidine rings is 1. The summed E-state index contributed by atoms with van der Waals surface area (Å²) in [6.45, 7) is 1.84. The molecule has 2 rings (SSSR count). The van der Waals surface area contributed by atoms with E-state index in [2.05, 4.69) is 10.3 Å². The minimum Gasteiger partial charge on any atom is -0.485 e. The van der Waals surface area contributed by atoms with Crippen LogP contribution in [0.5, 0.6) is 5.75 Å². The van der Waals surface area contributed by atoms with Crippen LogP contribution in [0.25, 0.3) is 0 Å². The average Bonchev–Trinajstić information content (AvgIpc) is 2.31. The zero-order chi connectivity index (χ0) is 11.4. The third-order valence-corrected chi connectivity index (χ3v) is 2.46. The Hall–Kier alpha value is -1.69. The lowest BCUT2D eigenvalue weighted by molar-refractivity contribution is -0.389. The molecule has 1 fully saturated rings. The maximum absolute atomic E-state index is 10.4. The van der Waals surface area contributed by atoms with Gasteiger partial charge in [-0.1, -0.05) is 0 Å². The van der Waals surface area contributed by atoms with Crippen LogP contribution in [0.15, 0.2) is 18.3 Å². The molecule has 0 aromatic carbocycles. The van der Waals surface area contributed by atoms with Gasteiger partial charge in [-0.05, 0) is 35.4 Å². The summed E-state index contributed by atoms with van der Waals surface area (Å²) in [4.78, 5) is 13.6. The number of ether oxygens (including phenoxy) is 1. The molecule has 1 aliphatic rings. The fourth-order valence-corrected chi connectivity index (χ4v) is 1.66. The van der Waals surface area contributed by atoms with Crippen molar-refractivity contribution in [3.63, 3.8) is 0 Å². The Labute approximate surface area is 92.8 Å². The second-order valence-electron chi connectivity index (χ2n) is 3.70. The van der Waals surface area contributed by atoms with Crippen LogP contribution >= 0.6 is 0 Å². The highest BCUT2D eigenvalue weighted by Crippen LogP contribution is 2.17. The van der Waals surface area contributed by atoms with Gasteiger partial charge < -0.3 is 20.2 Å². The Kier molecular flexibility index (Phi) is 3.31. The zero-order valence-electron chi connectivity index (χ0n) is 8.76. The van der Waals surface area contributed by atoms with Crippen LogP contribution in [0, 0.1) is 10.1 Å². The predicted octanol–water partition coefficient (Wildman–Crippen LogP) is 1.12. The predicted molar refractivity (Wildman–Crippen MR) is 57.4 cm³/mol.